The maximum absolute atomic E-state index is 13.2. The van der Waals surface area contributed by atoms with Crippen LogP contribution in [0.4, 0.5) is 4.39 Å². The standard InChI is InChI=1S/C24H25FO4Se/c1-15-2-5-18(24(28)13-20(27)12-21(14-26)29-24)10-17(15)11-22-8-9-23(30-22)16-3-6-19(25)7-4-16/h2-10,20-21,26-28H,11-14H2,1H3. The molecular formula is C24H25FO4Se. The Bertz CT molecular complexity index is 1020. The van der Waals surface area contributed by atoms with E-state index in [1.807, 2.05) is 37.3 Å². The molecule has 1 aromatic heterocycles. The quantitative estimate of drug-likeness (QED) is 0.496. The van der Waals surface area contributed by atoms with Gasteiger partial charge in [0.05, 0.1) is 0 Å². The van der Waals surface area contributed by atoms with E-state index < -0.39 is 18.0 Å². The molecule has 0 spiro atoms. The van der Waals surface area contributed by atoms with Gasteiger partial charge in [-0.2, -0.15) is 0 Å². The molecule has 0 bridgehead atoms. The molecule has 2 heterocycles. The Morgan fingerprint density at radius 2 is 1.90 bits per heavy atom. The predicted molar refractivity (Wildman–Crippen MR) is 114 cm³/mol. The van der Waals surface area contributed by atoms with Crippen molar-refractivity contribution in [2.24, 2.45) is 0 Å². The first-order chi connectivity index (χ1) is 14.4. The van der Waals surface area contributed by atoms with E-state index >= 15 is 0 Å². The van der Waals surface area contributed by atoms with Crippen LogP contribution in [0.1, 0.15) is 34.0 Å². The van der Waals surface area contributed by atoms with Crippen molar-refractivity contribution >= 4 is 14.5 Å². The average molecular weight is 475 g/mol. The number of hydrogen-bond donors (Lipinski definition) is 3. The molecule has 4 rings (SSSR count). The van der Waals surface area contributed by atoms with Crippen LogP contribution in [0.25, 0.3) is 10.0 Å². The Labute approximate surface area is 181 Å². The van der Waals surface area contributed by atoms with Gasteiger partial charge in [0.1, 0.15) is 0 Å². The molecule has 0 amide bonds. The fourth-order valence-corrected chi connectivity index (χ4v) is 6.08. The summed E-state index contributed by atoms with van der Waals surface area (Å²) in [5, 5.41) is 30.6. The van der Waals surface area contributed by atoms with E-state index in [0.717, 1.165) is 23.1 Å². The number of ether oxygens (including phenoxy) is 1. The van der Waals surface area contributed by atoms with Gasteiger partial charge in [-0.25, -0.2) is 0 Å². The average Bonchev–Trinajstić information content (AvgIpc) is 3.18. The number of aliphatic hydroxyl groups excluding tert-OH is 2. The molecule has 1 aliphatic rings. The summed E-state index contributed by atoms with van der Waals surface area (Å²) in [6, 6.07) is 16.5. The molecule has 158 valence electrons. The van der Waals surface area contributed by atoms with E-state index in [-0.39, 0.29) is 33.3 Å². The molecule has 1 saturated heterocycles. The van der Waals surface area contributed by atoms with Crippen molar-refractivity contribution in [2.75, 3.05) is 6.61 Å². The summed E-state index contributed by atoms with van der Waals surface area (Å²) < 4.78 is 21.4. The van der Waals surface area contributed by atoms with E-state index in [1.54, 1.807) is 0 Å². The molecule has 6 heteroatoms. The third kappa shape index (κ3) is 4.59. The summed E-state index contributed by atoms with van der Waals surface area (Å²) in [7, 11) is 0. The number of hydrogen-bond acceptors (Lipinski definition) is 4. The fraction of sp³-hybridized carbons (Fsp3) is 0.333. The van der Waals surface area contributed by atoms with E-state index in [0.29, 0.717) is 12.0 Å². The Morgan fingerprint density at radius 3 is 2.63 bits per heavy atom. The number of aryl methyl sites for hydroxylation is 1. The first-order valence-electron chi connectivity index (χ1n) is 10.00. The third-order valence-electron chi connectivity index (χ3n) is 5.57. The summed E-state index contributed by atoms with van der Waals surface area (Å²) in [6.45, 7) is 1.79. The molecule has 0 radical (unpaired) electrons. The molecule has 3 N–H and O–H groups in total. The van der Waals surface area contributed by atoms with Gasteiger partial charge >= 0.3 is 181 Å². The van der Waals surface area contributed by atoms with Crippen LogP contribution in [0.2, 0.25) is 0 Å². The molecule has 4 nitrogen and oxygen atoms in total. The monoisotopic (exact) mass is 476 g/mol. The van der Waals surface area contributed by atoms with Crippen molar-refractivity contribution in [3.05, 3.63) is 81.5 Å². The van der Waals surface area contributed by atoms with Gasteiger partial charge in [0.2, 0.25) is 0 Å². The zero-order valence-electron chi connectivity index (χ0n) is 16.7. The van der Waals surface area contributed by atoms with Crippen molar-refractivity contribution in [1.82, 2.24) is 0 Å². The summed E-state index contributed by atoms with van der Waals surface area (Å²) in [5.41, 5.74) is 3.84. The van der Waals surface area contributed by atoms with Crippen LogP contribution in [0.5, 0.6) is 0 Å². The summed E-state index contributed by atoms with van der Waals surface area (Å²) in [4.78, 5) is 0. The molecule has 2 aromatic carbocycles. The molecule has 0 saturated carbocycles. The van der Waals surface area contributed by atoms with Gasteiger partial charge in [0.25, 0.3) is 0 Å². The zero-order valence-corrected chi connectivity index (χ0v) is 18.4. The maximum atomic E-state index is 13.2. The number of rotatable bonds is 5. The van der Waals surface area contributed by atoms with Gasteiger partial charge in [-0.1, -0.05) is 0 Å². The molecule has 3 aromatic rings. The van der Waals surface area contributed by atoms with E-state index in [9.17, 15) is 19.7 Å². The van der Waals surface area contributed by atoms with E-state index in [1.165, 1.54) is 21.0 Å². The summed E-state index contributed by atoms with van der Waals surface area (Å²) in [6.07, 6.45) is -0.177. The number of benzene rings is 2. The van der Waals surface area contributed by atoms with E-state index in [2.05, 4.69) is 12.1 Å². The van der Waals surface area contributed by atoms with Crippen LogP contribution >= 0.6 is 0 Å². The van der Waals surface area contributed by atoms with Gasteiger partial charge in [-0.3, -0.25) is 0 Å². The van der Waals surface area contributed by atoms with Crippen molar-refractivity contribution in [3.8, 4) is 10.0 Å². The molecule has 1 aliphatic heterocycles. The van der Waals surface area contributed by atoms with E-state index in [4.69, 9.17) is 4.74 Å². The number of aliphatic hydroxyl groups is 3. The van der Waals surface area contributed by atoms with Crippen molar-refractivity contribution in [1.29, 1.82) is 0 Å². The molecule has 1 fully saturated rings. The van der Waals surface area contributed by atoms with Crippen LogP contribution in [-0.2, 0) is 16.9 Å². The fourth-order valence-electron chi connectivity index (χ4n) is 3.91. The molecular weight excluding hydrogens is 450 g/mol. The Kier molecular flexibility index (Phi) is 6.26. The topological polar surface area (TPSA) is 69.9 Å². The van der Waals surface area contributed by atoms with Crippen molar-refractivity contribution < 1.29 is 24.4 Å². The second-order valence-corrected chi connectivity index (χ2v) is 10.3. The van der Waals surface area contributed by atoms with Crippen LogP contribution in [0.3, 0.4) is 0 Å². The van der Waals surface area contributed by atoms with Gasteiger partial charge in [-0.15, -0.1) is 0 Å². The zero-order chi connectivity index (χ0) is 21.3. The second kappa shape index (κ2) is 8.75. The Morgan fingerprint density at radius 1 is 1.13 bits per heavy atom. The molecule has 3 unspecified atom stereocenters. The van der Waals surface area contributed by atoms with Crippen molar-refractivity contribution in [2.45, 2.75) is 44.2 Å². The molecule has 3 atom stereocenters. The summed E-state index contributed by atoms with van der Waals surface area (Å²) in [5.74, 6) is -1.85. The minimum absolute atomic E-state index is 0.0783. The first kappa shape index (κ1) is 21.4. The van der Waals surface area contributed by atoms with Gasteiger partial charge in [0, 0.05) is 0 Å². The molecule has 0 aliphatic carbocycles. The van der Waals surface area contributed by atoms with Crippen LogP contribution in [0, 0.1) is 12.7 Å². The first-order valence-corrected chi connectivity index (χ1v) is 11.7. The Hall–Kier alpha value is -1.79. The number of halogens is 1. The Balaban J connectivity index is 1.58. The summed E-state index contributed by atoms with van der Waals surface area (Å²) >= 11 is 0.149. The SMILES string of the molecule is Cc1ccc(C2(O)CC(O)CC(CO)O2)cc1Cc1ccc(-c2ccc(F)cc2)[se]1. The normalized spacial score (nSPS) is 24.2. The third-order valence-corrected chi connectivity index (χ3v) is 7.95. The second-order valence-electron chi connectivity index (χ2n) is 7.89. The van der Waals surface area contributed by atoms with Crippen LogP contribution in [-0.4, -0.2) is 48.6 Å². The minimum atomic E-state index is -1.61. The van der Waals surface area contributed by atoms with Crippen LogP contribution < -0.4 is 0 Å². The predicted octanol–water partition coefficient (Wildman–Crippen LogP) is 3.13. The van der Waals surface area contributed by atoms with Gasteiger partial charge < -0.3 is 0 Å². The van der Waals surface area contributed by atoms with Crippen LogP contribution in [0.15, 0.2) is 54.6 Å². The van der Waals surface area contributed by atoms with Crippen molar-refractivity contribution in [3.63, 3.8) is 0 Å². The van der Waals surface area contributed by atoms with Gasteiger partial charge in [-0.05, 0) is 0 Å². The molecule has 30 heavy (non-hydrogen) atoms. The van der Waals surface area contributed by atoms with Gasteiger partial charge in [0.15, 0.2) is 0 Å².